The zero-order chi connectivity index (χ0) is 20.9. The molecule has 0 N–H and O–H groups in total. The van der Waals surface area contributed by atoms with Gasteiger partial charge in [-0.2, -0.15) is 0 Å². The van der Waals surface area contributed by atoms with E-state index in [-0.39, 0.29) is 6.17 Å². The molecule has 0 amide bonds. The summed E-state index contributed by atoms with van der Waals surface area (Å²) in [6.07, 6.45) is 2.14. The van der Waals surface area contributed by atoms with Gasteiger partial charge in [0.1, 0.15) is 0 Å². The molecular formula is C27H27ClN2. The first-order valence-corrected chi connectivity index (χ1v) is 10.7. The predicted octanol–water partition coefficient (Wildman–Crippen LogP) is 6.64. The molecule has 0 unspecified atom stereocenters. The number of halogens is 1. The van der Waals surface area contributed by atoms with Crippen LogP contribution in [-0.2, 0) is 13.1 Å². The van der Waals surface area contributed by atoms with Crippen LogP contribution in [0.4, 0.5) is 0 Å². The Morgan fingerprint density at radius 1 is 0.667 bits per heavy atom. The van der Waals surface area contributed by atoms with Crippen molar-refractivity contribution in [2.75, 3.05) is 14.1 Å². The number of hydrogen-bond acceptors (Lipinski definition) is 2. The van der Waals surface area contributed by atoms with Crippen molar-refractivity contribution in [2.24, 2.45) is 0 Å². The van der Waals surface area contributed by atoms with Crippen LogP contribution < -0.4 is 0 Å². The van der Waals surface area contributed by atoms with Gasteiger partial charge in [-0.3, -0.25) is 9.80 Å². The standard InChI is InChI=1S/C27H27ClN2/c1-29(19-23-13-7-11-21-9-3-5-15-25(21)23)27(17-18-28)30(2)20-24-14-8-12-22-10-4-6-16-26(22)24/h3-18,27H,19-20H2,1-2H3/b18-17+. The van der Waals surface area contributed by atoms with Crippen LogP contribution in [0.2, 0.25) is 0 Å². The highest BCUT2D eigenvalue weighted by Gasteiger charge is 2.19. The third-order valence-corrected chi connectivity index (χ3v) is 5.89. The quantitative estimate of drug-likeness (QED) is 0.313. The maximum atomic E-state index is 6.05. The lowest BCUT2D eigenvalue weighted by Crippen LogP contribution is -2.42. The van der Waals surface area contributed by atoms with Gasteiger partial charge in [0.05, 0.1) is 6.17 Å². The predicted molar refractivity (Wildman–Crippen MR) is 130 cm³/mol. The van der Waals surface area contributed by atoms with Crippen LogP contribution in [-0.4, -0.2) is 30.1 Å². The first-order chi connectivity index (χ1) is 14.7. The van der Waals surface area contributed by atoms with Crippen molar-refractivity contribution in [2.45, 2.75) is 19.3 Å². The van der Waals surface area contributed by atoms with Gasteiger partial charge in [-0.15, -0.1) is 0 Å². The summed E-state index contributed by atoms with van der Waals surface area (Å²) < 4.78 is 0. The molecule has 0 fully saturated rings. The molecule has 4 aromatic rings. The topological polar surface area (TPSA) is 6.48 Å². The van der Waals surface area contributed by atoms with E-state index in [0.717, 1.165) is 13.1 Å². The summed E-state index contributed by atoms with van der Waals surface area (Å²) in [4.78, 5) is 4.68. The molecule has 4 rings (SSSR count). The Hall–Kier alpha value is -2.65. The number of likely N-dealkylation sites (N-methyl/N-ethyl adjacent to an activating group) is 2. The highest BCUT2D eigenvalue weighted by atomic mass is 35.5. The van der Waals surface area contributed by atoms with Gasteiger partial charge in [0.15, 0.2) is 0 Å². The third kappa shape index (κ3) is 4.41. The van der Waals surface area contributed by atoms with Crippen LogP contribution in [0.25, 0.3) is 21.5 Å². The van der Waals surface area contributed by atoms with Crippen molar-refractivity contribution in [3.05, 3.63) is 108 Å². The van der Waals surface area contributed by atoms with Crippen molar-refractivity contribution in [1.29, 1.82) is 0 Å². The van der Waals surface area contributed by atoms with E-state index in [0.29, 0.717) is 0 Å². The smallest absolute Gasteiger partial charge is 0.0827 e. The summed E-state index contributed by atoms with van der Waals surface area (Å²) in [6.45, 7) is 1.68. The molecule has 2 nitrogen and oxygen atoms in total. The molecule has 3 heteroatoms. The normalized spacial score (nSPS) is 12.2. The van der Waals surface area contributed by atoms with E-state index in [1.807, 2.05) is 0 Å². The summed E-state index contributed by atoms with van der Waals surface area (Å²) in [5.74, 6) is 0. The Bertz CT molecular complexity index is 1070. The molecule has 0 aliphatic carbocycles. The summed E-state index contributed by atoms with van der Waals surface area (Å²) >= 11 is 6.05. The largest absolute Gasteiger partial charge is 0.283 e. The molecule has 0 saturated heterocycles. The SMILES string of the molecule is CN(Cc1cccc2ccccc12)C(/C=C/Cl)N(C)Cc1cccc2ccccc12. The minimum atomic E-state index is 0.0837. The zero-order valence-corrected chi connectivity index (χ0v) is 18.3. The fourth-order valence-electron chi connectivity index (χ4n) is 4.28. The fourth-order valence-corrected chi connectivity index (χ4v) is 4.41. The molecular weight excluding hydrogens is 388 g/mol. The number of rotatable bonds is 7. The molecule has 0 aliphatic rings. The van der Waals surface area contributed by atoms with Crippen LogP contribution in [0.15, 0.2) is 96.5 Å². The molecule has 152 valence electrons. The van der Waals surface area contributed by atoms with E-state index in [1.165, 1.54) is 32.7 Å². The minimum Gasteiger partial charge on any atom is -0.283 e. The molecule has 0 radical (unpaired) electrons. The molecule has 30 heavy (non-hydrogen) atoms. The monoisotopic (exact) mass is 414 g/mol. The van der Waals surface area contributed by atoms with Gasteiger partial charge in [0, 0.05) is 18.6 Å². The molecule has 0 heterocycles. The summed E-state index contributed by atoms with van der Waals surface area (Å²) in [5.41, 5.74) is 4.27. The Balaban J connectivity index is 1.58. The van der Waals surface area contributed by atoms with Crippen molar-refractivity contribution < 1.29 is 0 Å². The zero-order valence-electron chi connectivity index (χ0n) is 17.5. The fraction of sp³-hybridized carbons (Fsp3) is 0.185. The first-order valence-electron chi connectivity index (χ1n) is 10.3. The Morgan fingerprint density at radius 2 is 1.10 bits per heavy atom. The lowest BCUT2D eigenvalue weighted by atomic mass is 10.0. The van der Waals surface area contributed by atoms with Crippen LogP contribution >= 0.6 is 11.6 Å². The van der Waals surface area contributed by atoms with E-state index < -0.39 is 0 Å². The van der Waals surface area contributed by atoms with Crippen LogP contribution in [0.1, 0.15) is 11.1 Å². The van der Waals surface area contributed by atoms with Gasteiger partial charge < -0.3 is 0 Å². The van der Waals surface area contributed by atoms with E-state index in [2.05, 4.69) is 115 Å². The maximum absolute atomic E-state index is 6.05. The maximum Gasteiger partial charge on any atom is 0.0827 e. The van der Waals surface area contributed by atoms with E-state index in [1.54, 1.807) is 5.54 Å². The van der Waals surface area contributed by atoms with Gasteiger partial charge in [-0.1, -0.05) is 96.5 Å². The molecule has 0 atom stereocenters. The second kappa shape index (κ2) is 9.44. The average Bonchev–Trinajstić information content (AvgIpc) is 2.78. The molecule has 0 spiro atoms. The minimum absolute atomic E-state index is 0.0837. The van der Waals surface area contributed by atoms with Crippen molar-refractivity contribution in [3.63, 3.8) is 0 Å². The van der Waals surface area contributed by atoms with Gasteiger partial charge in [0.2, 0.25) is 0 Å². The van der Waals surface area contributed by atoms with Gasteiger partial charge in [-0.05, 0) is 52.8 Å². The molecule has 0 bridgehead atoms. The van der Waals surface area contributed by atoms with Crippen LogP contribution in [0.5, 0.6) is 0 Å². The summed E-state index contributed by atoms with van der Waals surface area (Å²) in [5, 5.41) is 5.16. The molecule has 0 aliphatic heterocycles. The summed E-state index contributed by atoms with van der Waals surface area (Å²) in [6, 6.07) is 30.2. The van der Waals surface area contributed by atoms with Crippen LogP contribution in [0.3, 0.4) is 0 Å². The van der Waals surface area contributed by atoms with Crippen molar-refractivity contribution >= 4 is 33.1 Å². The Kier molecular flexibility index (Phi) is 6.49. The molecule has 0 saturated carbocycles. The van der Waals surface area contributed by atoms with Crippen LogP contribution in [0, 0.1) is 0 Å². The highest BCUT2D eigenvalue weighted by molar-refractivity contribution is 6.25. The van der Waals surface area contributed by atoms with Gasteiger partial charge in [0.25, 0.3) is 0 Å². The molecule has 0 aromatic heterocycles. The third-order valence-electron chi connectivity index (χ3n) is 5.75. The second-order valence-electron chi connectivity index (χ2n) is 7.84. The van der Waals surface area contributed by atoms with E-state index >= 15 is 0 Å². The lowest BCUT2D eigenvalue weighted by molar-refractivity contribution is 0.110. The average molecular weight is 415 g/mol. The number of benzene rings is 4. The summed E-state index contributed by atoms with van der Waals surface area (Å²) in [7, 11) is 4.31. The second-order valence-corrected chi connectivity index (χ2v) is 8.09. The van der Waals surface area contributed by atoms with E-state index in [9.17, 15) is 0 Å². The van der Waals surface area contributed by atoms with Gasteiger partial charge in [-0.25, -0.2) is 0 Å². The van der Waals surface area contributed by atoms with Gasteiger partial charge >= 0.3 is 0 Å². The lowest BCUT2D eigenvalue weighted by Gasteiger charge is -2.34. The number of fused-ring (bicyclic) bond motifs is 2. The number of hydrogen-bond donors (Lipinski definition) is 0. The number of nitrogens with zero attached hydrogens (tertiary/aromatic N) is 2. The highest BCUT2D eigenvalue weighted by Crippen LogP contribution is 2.23. The molecule has 4 aromatic carbocycles. The van der Waals surface area contributed by atoms with Crippen molar-refractivity contribution in [3.8, 4) is 0 Å². The Labute approximate surface area is 184 Å². The van der Waals surface area contributed by atoms with Crippen molar-refractivity contribution in [1.82, 2.24) is 9.80 Å². The Morgan fingerprint density at radius 3 is 1.57 bits per heavy atom. The first kappa shape index (κ1) is 20.6. The van der Waals surface area contributed by atoms with E-state index in [4.69, 9.17) is 11.6 Å².